The molecule has 0 fully saturated rings. The van der Waals surface area contributed by atoms with Gasteiger partial charge < -0.3 is 10.2 Å². The molecular weight excluding hydrogens is 194 g/mol. The highest BCUT2D eigenvalue weighted by Crippen LogP contribution is 2.18. The van der Waals surface area contributed by atoms with Crippen molar-refractivity contribution in [3.63, 3.8) is 0 Å². The van der Waals surface area contributed by atoms with Crippen molar-refractivity contribution in [1.29, 1.82) is 0 Å². The zero-order chi connectivity index (χ0) is 12.1. The van der Waals surface area contributed by atoms with E-state index in [2.05, 4.69) is 4.90 Å². The van der Waals surface area contributed by atoms with Gasteiger partial charge in [0.25, 0.3) is 0 Å². The molecule has 0 aliphatic rings. The van der Waals surface area contributed by atoms with E-state index in [1.165, 1.54) is 0 Å². The van der Waals surface area contributed by atoms with Crippen LogP contribution < -0.4 is 0 Å². The van der Waals surface area contributed by atoms with Gasteiger partial charge >= 0.3 is 5.97 Å². The van der Waals surface area contributed by atoms with Crippen LogP contribution in [-0.2, 0) is 4.79 Å². The summed E-state index contributed by atoms with van der Waals surface area (Å²) in [5, 5.41) is 17.8. The van der Waals surface area contributed by atoms with E-state index >= 15 is 0 Å². The van der Waals surface area contributed by atoms with Gasteiger partial charge in [0, 0.05) is 25.7 Å². The van der Waals surface area contributed by atoms with Gasteiger partial charge in [-0.3, -0.25) is 9.69 Å². The Bertz CT molecular complexity index is 202. The molecule has 15 heavy (non-hydrogen) atoms. The predicted molar refractivity (Wildman–Crippen MR) is 59.8 cm³/mol. The summed E-state index contributed by atoms with van der Waals surface area (Å²) in [6.07, 6.45) is 0.688. The Morgan fingerprint density at radius 1 is 1.40 bits per heavy atom. The van der Waals surface area contributed by atoms with E-state index in [4.69, 9.17) is 10.2 Å². The van der Waals surface area contributed by atoms with E-state index in [0.717, 1.165) is 6.54 Å². The van der Waals surface area contributed by atoms with E-state index in [0.29, 0.717) is 19.0 Å². The number of carboxylic acids is 1. The molecule has 0 radical (unpaired) electrons. The Labute approximate surface area is 91.9 Å². The third kappa shape index (κ3) is 5.14. The van der Waals surface area contributed by atoms with Crippen LogP contribution in [0.15, 0.2) is 0 Å². The van der Waals surface area contributed by atoms with E-state index < -0.39 is 11.4 Å². The normalized spacial score (nSPS) is 12.5. The van der Waals surface area contributed by atoms with Crippen molar-refractivity contribution in [2.24, 2.45) is 5.41 Å². The number of aliphatic hydroxyl groups excluding tert-OH is 1. The van der Waals surface area contributed by atoms with E-state index in [9.17, 15) is 4.79 Å². The molecule has 0 amide bonds. The summed E-state index contributed by atoms with van der Waals surface area (Å²) in [5.41, 5.74) is -0.736. The van der Waals surface area contributed by atoms with E-state index in [-0.39, 0.29) is 6.61 Å². The maximum atomic E-state index is 11.0. The number of carboxylic acid groups (broad SMARTS) is 1. The molecule has 0 saturated carbocycles. The minimum Gasteiger partial charge on any atom is -0.481 e. The van der Waals surface area contributed by atoms with Crippen molar-refractivity contribution in [2.45, 2.75) is 40.2 Å². The van der Waals surface area contributed by atoms with Crippen LogP contribution in [0.4, 0.5) is 0 Å². The Balaban J connectivity index is 4.33. The van der Waals surface area contributed by atoms with Gasteiger partial charge in [-0.15, -0.1) is 0 Å². The van der Waals surface area contributed by atoms with Crippen molar-refractivity contribution in [3.05, 3.63) is 0 Å². The van der Waals surface area contributed by atoms with Crippen molar-refractivity contribution < 1.29 is 15.0 Å². The second-order valence-electron chi connectivity index (χ2n) is 4.83. The summed E-state index contributed by atoms with van der Waals surface area (Å²) in [7, 11) is 0. The highest BCUT2D eigenvalue weighted by atomic mass is 16.4. The molecule has 0 atom stereocenters. The van der Waals surface area contributed by atoms with Crippen LogP contribution in [0.3, 0.4) is 0 Å². The molecule has 2 N–H and O–H groups in total. The van der Waals surface area contributed by atoms with Crippen LogP contribution >= 0.6 is 0 Å². The molecule has 0 heterocycles. The topological polar surface area (TPSA) is 60.8 Å². The third-order valence-corrected chi connectivity index (χ3v) is 2.51. The summed E-state index contributed by atoms with van der Waals surface area (Å²) in [6.45, 7) is 8.93. The number of nitrogens with zero attached hydrogens (tertiary/aromatic N) is 1. The highest BCUT2D eigenvalue weighted by Gasteiger charge is 2.30. The average molecular weight is 217 g/mol. The lowest BCUT2D eigenvalue weighted by atomic mass is 9.92. The molecule has 0 aromatic heterocycles. The lowest BCUT2D eigenvalue weighted by Crippen LogP contribution is -2.43. The van der Waals surface area contributed by atoms with Gasteiger partial charge in [0.15, 0.2) is 0 Å². The zero-order valence-electron chi connectivity index (χ0n) is 10.2. The maximum Gasteiger partial charge on any atom is 0.310 e. The number of carbonyl (C=O) groups is 1. The fourth-order valence-corrected chi connectivity index (χ4v) is 1.37. The zero-order valence-corrected chi connectivity index (χ0v) is 10.2. The first kappa shape index (κ1) is 14.4. The minimum absolute atomic E-state index is 0.150. The van der Waals surface area contributed by atoms with Crippen LogP contribution in [0, 0.1) is 5.41 Å². The molecule has 0 aliphatic carbocycles. The summed E-state index contributed by atoms with van der Waals surface area (Å²) in [4.78, 5) is 13.1. The number of hydrogen-bond donors (Lipinski definition) is 2. The molecule has 0 aromatic rings. The van der Waals surface area contributed by atoms with Gasteiger partial charge in [-0.05, 0) is 34.1 Å². The average Bonchev–Trinajstić information content (AvgIpc) is 2.11. The molecule has 0 spiro atoms. The third-order valence-electron chi connectivity index (χ3n) is 2.51. The first-order valence-electron chi connectivity index (χ1n) is 5.39. The molecule has 0 rings (SSSR count). The van der Waals surface area contributed by atoms with E-state index in [1.807, 2.05) is 13.8 Å². The van der Waals surface area contributed by atoms with Gasteiger partial charge in [0.05, 0.1) is 5.41 Å². The molecule has 0 saturated heterocycles. The van der Waals surface area contributed by atoms with Crippen molar-refractivity contribution in [1.82, 2.24) is 4.90 Å². The van der Waals surface area contributed by atoms with Crippen LogP contribution in [0.25, 0.3) is 0 Å². The fourth-order valence-electron chi connectivity index (χ4n) is 1.37. The van der Waals surface area contributed by atoms with Gasteiger partial charge in [-0.1, -0.05) is 0 Å². The van der Waals surface area contributed by atoms with E-state index in [1.54, 1.807) is 13.8 Å². The van der Waals surface area contributed by atoms with Crippen LogP contribution in [0.5, 0.6) is 0 Å². The first-order valence-corrected chi connectivity index (χ1v) is 5.39. The molecule has 0 unspecified atom stereocenters. The van der Waals surface area contributed by atoms with Crippen molar-refractivity contribution in [3.8, 4) is 0 Å². The number of rotatable bonds is 7. The molecular formula is C11H23NO3. The van der Waals surface area contributed by atoms with Crippen LogP contribution in [-0.4, -0.2) is 46.8 Å². The van der Waals surface area contributed by atoms with Gasteiger partial charge in [-0.25, -0.2) is 0 Å². The fraction of sp³-hybridized carbons (Fsp3) is 0.909. The Hall–Kier alpha value is -0.610. The van der Waals surface area contributed by atoms with Crippen LogP contribution in [0.1, 0.15) is 34.1 Å². The second-order valence-corrected chi connectivity index (χ2v) is 4.83. The Kier molecular flexibility index (Phi) is 5.83. The van der Waals surface area contributed by atoms with Gasteiger partial charge in [-0.2, -0.15) is 0 Å². The monoisotopic (exact) mass is 217 g/mol. The molecule has 90 valence electrons. The predicted octanol–water partition coefficient (Wildman–Crippen LogP) is 1.19. The van der Waals surface area contributed by atoms with Crippen LogP contribution in [0.2, 0.25) is 0 Å². The standard InChI is InChI=1S/C11H23NO3/c1-9(2)12(6-5-7-13)8-11(3,4)10(14)15/h9,13H,5-8H2,1-4H3,(H,14,15). The number of hydrogen-bond acceptors (Lipinski definition) is 3. The molecule has 4 nitrogen and oxygen atoms in total. The second kappa shape index (κ2) is 6.08. The largest absolute Gasteiger partial charge is 0.481 e. The van der Waals surface area contributed by atoms with Gasteiger partial charge in [0.2, 0.25) is 0 Å². The minimum atomic E-state index is -0.780. The van der Waals surface area contributed by atoms with Gasteiger partial charge in [0.1, 0.15) is 0 Å². The van der Waals surface area contributed by atoms with Crippen molar-refractivity contribution >= 4 is 5.97 Å². The summed E-state index contributed by atoms with van der Waals surface area (Å²) in [5.74, 6) is -0.780. The quantitative estimate of drug-likeness (QED) is 0.672. The molecule has 4 heteroatoms. The SMILES string of the molecule is CC(C)N(CCCO)CC(C)(C)C(=O)O. The Morgan fingerprint density at radius 3 is 2.27 bits per heavy atom. The highest BCUT2D eigenvalue weighted by molar-refractivity contribution is 5.73. The molecule has 0 aliphatic heterocycles. The Morgan fingerprint density at radius 2 is 1.93 bits per heavy atom. The summed E-state index contributed by atoms with van der Waals surface area (Å²) >= 11 is 0. The molecule has 0 aromatic carbocycles. The lowest BCUT2D eigenvalue weighted by molar-refractivity contribution is -0.148. The smallest absolute Gasteiger partial charge is 0.310 e. The number of aliphatic carboxylic acids is 1. The van der Waals surface area contributed by atoms with Crippen molar-refractivity contribution in [2.75, 3.05) is 19.7 Å². The summed E-state index contributed by atoms with van der Waals surface area (Å²) in [6, 6.07) is 0.301. The molecule has 0 bridgehead atoms. The first-order chi connectivity index (χ1) is 6.81. The summed E-state index contributed by atoms with van der Waals surface area (Å²) < 4.78 is 0. The lowest BCUT2D eigenvalue weighted by Gasteiger charge is -2.32. The number of aliphatic hydroxyl groups is 1. The maximum absolute atomic E-state index is 11.0.